The molecule has 0 aliphatic carbocycles. The van der Waals surface area contributed by atoms with Crippen LogP contribution in [0.2, 0.25) is 0 Å². The number of carbonyl (C=O) groups is 1. The molecule has 0 aliphatic heterocycles. The van der Waals surface area contributed by atoms with Crippen molar-refractivity contribution >= 4 is 21.6 Å². The fourth-order valence-electron chi connectivity index (χ4n) is 1.60. The fraction of sp³-hybridized carbons (Fsp3) is 0.462. The Morgan fingerprint density at radius 1 is 1.38 bits per heavy atom. The van der Waals surface area contributed by atoms with Crippen LogP contribution in [0.15, 0.2) is 23.1 Å². The molecule has 1 rings (SSSR count). The van der Waals surface area contributed by atoms with Gasteiger partial charge in [0.25, 0.3) is 0 Å². The Labute approximate surface area is 125 Å². The van der Waals surface area contributed by atoms with Gasteiger partial charge in [-0.25, -0.2) is 12.7 Å². The van der Waals surface area contributed by atoms with Crippen molar-refractivity contribution in [3.63, 3.8) is 0 Å². The van der Waals surface area contributed by atoms with Gasteiger partial charge in [0, 0.05) is 26.3 Å². The van der Waals surface area contributed by atoms with Crippen LogP contribution in [0.3, 0.4) is 0 Å². The van der Waals surface area contributed by atoms with Crippen LogP contribution in [0.4, 0.5) is 5.69 Å². The predicted molar refractivity (Wildman–Crippen MR) is 80.6 cm³/mol. The summed E-state index contributed by atoms with van der Waals surface area (Å²) >= 11 is 0. The maximum Gasteiger partial charge on any atom is 0.250 e. The van der Waals surface area contributed by atoms with Crippen molar-refractivity contribution in [2.24, 2.45) is 5.73 Å². The first-order chi connectivity index (χ1) is 9.78. The molecule has 8 heteroatoms. The molecule has 1 aromatic rings. The van der Waals surface area contributed by atoms with Gasteiger partial charge in [-0.15, -0.1) is 0 Å². The van der Waals surface area contributed by atoms with Gasteiger partial charge in [-0.2, -0.15) is 0 Å². The lowest BCUT2D eigenvalue weighted by Crippen LogP contribution is -2.24. The summed E-state index contributed by atoms with van der Waals surface area (Å²) in [6.07, 6.45) is 0. The number of ether oxygens (including phenoxy) is 1. The summed E-state index contributed by atoms with van der Waals surface area (Å²) in [6, 6.07) is 4.73. The first-order valence-electron chi connectivity index (χ1n) is 6.40. The fourth-order valence-corrected chi connectivity index (χ4v) is 2.74. The summed E-state index contributed by atoms with van der Waals surface area (Å²) in [7, 11) is -0.634. The molecular weight excluding hydrogens is 294 g/mol. The molecule has 0 heterocycles. The molecule has 0 saturated carbocycles. The molecule has 3 N–H and O–H groups in total. The number of nitrogens with two attached hydrogens (primary N) is 1. The smallest absolute Gasteiger partial charge is 0.250 e. The average molecular weight is 315 g/mol. The van der Waals surface area contributed by atoms with Crippen molar-refractivity contribution < 1.29 is 17.9 Å². The zero-order valence-corrected chi connectivity index (χ0v) is 13.2. The van der Waals surface area contributed by atoms with Crippen LogP contribution in [0.25, 0.3) is 0 Å². The van der Waals surface area contributed by atoms with Gasteiger partial charge >= 0.3 is 0 Å². The molecule has 0 bridgehead atoms. The van der Waals surface area contributed by atoms with Gasteiger partial charge in [-0.1, -0.05) is 6.07 Å². The van der Waals surface area contributed by atoms with Gasteiger partial charge in [-0.05, 0) is 24.6 Å². The van der Waals surface area contributed by atoms with E-state index in [-0.39, 0.29) is 17.4 Å². The Kier molecular flexibility index (Phi) is 6.28. The Morgan fingerprint density at radius 2 is 2.05 bits per heavy atom. The van der Waals surface area contributed by atoms with E-state index in [1.807, 2.05) is 0 Å². The molecule has 0 atom stereocenters. The topological polar surface area (TPSA) is 102 Å². The van der Waals surface area contributed by atoms with E-state index in [9.17, 15) is 13.2 Å². The van der Waals surface area contributed by atoms with Gasteiger partial charge in [-0.3, -0.25) is 4.79 Å². The molecule has 1 amide bonds. The van der Waals surface area contributed by atoms with Crippen molar-refractivity contribution in [2.75, 3.05) is 39.2 Å². The number of sulfonamides is 1. The number of hydrogen-bond acceptors (Lipinski definition) is 5. The standard InChI is InChI=1S/C13H21N3O4S/c1-10-4-5-11(15-13(17)9-20-7-6-14)8-12(10)21(18,19)16(2)3/h4-5,8H,6-7,9,14H2,1-3H3,(H,15,17). The minimum Gasteiger partial charge on any atom is -0.370 e. The van der Waals surface area contributed by atoms with Crippen LogP contribution < -0.4 is 11.1 Å². The summed E-state index contributed by atoms with van der Waals surface area (Å²) in [5, 5.41) is 2.59. The van der Waals surface area contributed by atoms with Crippen LogP contribution in [-0.4, -0.2) is 52.5 Å². The highest BCUT2D eigenvalue weighted by atomic mass is 32.2. The lowest BCUT2D eigenvalue weighted by atomic mass is 10.2. The van der Waals surface area contributed by atoms with Crippen LogP contribution >= 0.6 is 0 Å². The highest BCUT2D eigenvalue weighted by Gasteiger charge is 2.20. The third kappa shape index (κ3) is 4.78. The number of aryl methyl sites for hydroxylation is 1. The Hall–Kier alpha value is -1.48. The van der Waals surface area contributed by atoms with E-state index < -0.39 is 10.0 Å². The summed E-state index contributed by atoms with van der Waals surface area (Å²) in [5.41, 5.74) is 6.27. The summed E-state index contributed by atoms with van der Waals surface area (Å²) < 4.78 is 30.5. The summed E-state index contributed by atoms with van der Waals surface area (Å²) in [6.45, 7) is 2.21. The Balaban J connectivity index is 2.90. The van der Waals surface area contributed by atoms with E-state index in [2.05, 4.69) is 5.32 Å². The van der Waals surface area contributed by atoms with Gasteiger partial charge < -0.3 is 15.8 Å². The van der Waals surface area contributed by atoms with Crippen LogP contribution in [0, 0.1) is 6.92 Å². The van der Waals surface area contributed by atoms with Crippen LogP contribution in [-0.2, 0) is 19.6 Å². The lowest BCUT2D eigenvalue weighted by molar-refractivity contribution is -0.120. The average Bonchev–Trinajstić information content (AvgIpc) is 2.41. The second kappa shape index (κ2) is 7.51. The van der Waals surface area contributed by atoms with Crippen LogP contribution in [0.5, 0.6) is 0 Å². The number of nitrogens with one attached hydrogen (secondary N) is 1. The molecule has 0 aromatic heterocycles. The lowest BCUT2D eigenvalue weighted by Gasteiger charge is -2.15. The van der Waals surface area contributed by atoms with E-state index in [1.54, 1.807) is 19.1 Å². The monoisotopic (exact) mass is 315 g/mol. The molecule has 0 unspecified atom stereocenters. The number of hydrogen-bond donors (Lipinski definition) is 2. The highest BCUT2D eigenvalue weighted by molar-refractivity contribution is 7.89. The van der Waals surface area contributed by atoms with Crippen LogP contribution in [0.1, 0.15) is 5.56 Å². The first-order valence-corrected chi connectivity index (χ1v) is 7.84. The zero-order valence-electron chi connectivity index (χ0n) is 12.4. The van der Waals surface area contributed by atoms with Crippen molar-refractivity contribution in [2.45, 2.75) is 11.8 Å². The highest BCUT2D eigenvalue weighted by Crippen LogP contribution is 2.22. The maximum atomic E-state index is 12.2. The molecule has 0 radical (unpaired) electrons. The molecular formula is C13H21N3O4S. The number of nitrogens with zero attached hydrogens (tertiary/aromatic N) is 1. The third-order valence-corrected chi connectivity index (χ3v) is 4.68. The normalized spacial score (nSPS) is 11.7. The molecule has 0 aliphatic rings. The zero-order chi connectivity index (χ0) is 16.0. The van der Waals surface area contributed by atoms with Gasteiger partial charge in [0.1, 0.15) is 6.61 Å². The predicted octanol–water partition coefficient (Wildman–Crippen LogP) is 0.159. The van der Waals surface area contributed by atoms with Crippen molar-refractivity contribution in [1.29, 1.82) is 0 Å². The van der Waals surface area contributed by atoms with E-state index in [1.165, 1.54) is 20.2 Å². The first kappa shape index (κ1) is 17.6. The van der Waals surface area contributed by atoms with E-state index in [0.29, 0.717) is 24.4 Å². The van der Waals surface area contributed by atoms with E-state index >= 15 is 0 Å². The van der Waals surface area contributed by atoms with Gasteiger partial charge in [0.2, 0.25) is 15.9 Å². The maximum absolute atomic E-state index is 12.2. The molecule has 1 aromatic carbocycles. The Morgan fingerprint density at radius 3 is 2.62 bits per heavy atom. The summed E-state index contributed by atoms with van der Waals surface area (Å²) in [5.74, 6) is -0.361. The van der Waals surface area contributed by atoms with E-state index in [0.717, 1.165) is 4.31 Å². The molecule has 118 valence electrons. The number of rotatable bonds is 7. The van der Waals surface area contributed by atoms with E-state index in [4.69, 9.17) is 10.5 Å². The second-order valence-electron chi connectivity index (χ2n) is 4.66. The quantitative estimate of drug-likeness (QED) is 0.698. The molecule has 0 fully saturated rings. The largest absolute Gasteiger partial charge is 0.370 e. The molecule has 21 heavy (non-hydrogen) atoms. The second-order valence-corrected chi connectivity index (χ2v) is 6.78. The minimum absolute atomic E-state index is 0.124. The van der Waals surface area contributed by atoms with Crippen molar-refractivity contribution in [3.05, 3.63) is 23.8 Å². The Bertz CT molecular complexity index is 599. The van der Waals surface area contributed by atoms with Crippen molar-refractivity contribution in [1.82, 2.24) is 4.31 Å². The third-order valence-electron chi connectivity index (χ3n) is 2.73. The van der Waals surface area contributed by atoms with Crippen molar-refractivity contribution in [3.8, 4) is 0 Å². The molecule has 0 spiro atoms. The SMILES string of the molecule is Cc1ccc(NC(=O)COCCN)cc1S(=O)(=O)N(C)C. The molecule has 0 saturated heterocycles. The summed E-state index contributed by atoms with van der Waals surface area (Å²) in [4.78, 5) is 11.8. The van der Waals surface area contributed by atoms with Gasteiger partial charge in [0.15, 0.2) is 0 Å². The number of carbonyl (C=O) groups excluding carboxylic acids is 1. The number of amides is 1. The number of benzene rings is 1. The number of anilines is 1. The minimum atomic E-state index is -3.55. The molecule has 7 nitrogen and oxygen atoms in total. The van der Waals surface area contributed by atoms with Gasteiger partial charge in [0.05, 0.1) is 11.5 Å².